The standard InChI is InChI=1S/C34H33NO2P2/c1-2-3-4-11-24-35(38(29-16-7-5-8-17-29)30-18-9-6-10-19-30)39(31-20-12-14-27-22-25-36-33(27)31)32-21-13-15-28-23-26-37-34(28)32/h5-10,12-23,25-26H,2-4,11,24H2,1H3. The van der Waals surface area contributed by atoms with Crippen LogP contribution in [0.3, 0.4) is 0 Å². The van der Waals surface area contributed by atoms with Gasteiger partial charge in [-0.1, -0.05) is 111 Å². The van der Waals surface area contributed by atoms with Crippen molar-refractivity contribution in [2.24, 2.45) is 0 Å². The van der Waals surface area contributed by atoms with Gasteiger partial charge in [0.05, 0.1) is 12.5 Å². The van der Waals surface area contributed by atoms with Crippen molar-refractivity contribution < 1.29 is 8.83 Å². The minimum atomic E-state index is -0.995. The molecule has 0 bridgehead atoms. The number of hydrogen-bond acceptors (Lipinski definition) is 3. The first-order valence-corrected chi connectivity index (χ1v) is 16.3. The second-order valence-corrected chi connectivity index (χ2v) is 14.2. The zero-order chi connectivity index (χ0) is 26.4. The molecule has 2 aromatic heterocycles. The maximum Gasteiger partial charge on any atom is 0.143 e. The predicted molar refractivity (Wildman–Crippen MR) is 169 cm³/mol. The lowest BCUT2D eigenvalue weighted by atomic mass is 10.2. The van der Waals surface area contributed by atoms with Gasteiger partial charge in [-0.2, -0.15) is 0 Å². The summed E-state index contributed by atoms with van der Waals surface area (Å²) in [5, 5.41) is 7.49. The minimum absolute atomic E-state index is 0.825. The summed E-state index contributed by atoms with van der Waals surface area (Å²) in [6.07, 6.45) is 8.47. The van der Waals surface area contributed by atoms with Gasteiger partial charge in [-0.05, 0) is 41.3 Å². The molecule has 39 heavy (non-hydrogen) atoms. The van der Waals surface area contributed by atoms with E-state index >= 15 is 0 Å². The van der Waals surface area contributed by atoms with E-state index < -0.39 is 16.1 Å². The van der Waals surface area contributed by atoms with Gasteiger partial charge in [0, 0.05) is 44.1 Å². The summed E-state index contributed by atoms with van der Waals surface area (Å²) in [5.74, 6) is 0. The number of para-hydroxylation sites is 2. The summed E-state index contributed by atoms with van der Waals surface area (Å²) in [6, 6.07) is 39.4. The number of benzene rings is 4. The summed E-state index contributed by atoms with van der Waals surface area (Å²) in [4.78, 5) is 0. The topological polar surface area (TPSA) is 29.5 Å². The van der Waals surface area contributed by atoms with E-state index in [1.165, 1.54) is 40.5 Å². The molecule has 0 N–H and O–H groups in total. The maximum absolute atomic E-state index is 6.20. The van der Waals surface area contributed by atoms with Crippen molar-refractivity contribution in [1.82, 2.24) is 4.44 Å². The Labute approximate surface area is 233 Å². The Kier molecular flexibility index (Phi) is 8.21. The third kappa shape index (κ3) is 5.45. The van der Waals surface area contributed by atoms with Gasteiger partial charge in [-0.25, -0.2) is 4.44 Å². The molecule has 0 aliphatic rings. The molecule has 0 aliphatic heterocycles. The van der Waals surface area contributed by atoms with Crippen molar-refractivity contribution in [3.05, 3.63) is 122 Å². The van der Waals surface area contributed by atoms with Gasteiger partial charge in [0.2, 0.25) is 0 Å². The fourth-order valence-electron chi connectivity index (χ4n) is 5.19. The molecule has 0 unspecified atom stereocenters. The monoisotopic (exact) mass is 549 g/mol. The fraction of sp³-hybridized carbons (Fsp3) is 0.176. The van der Waals surface area contributed by atoms with E-state index in [-0.39, 0.29) is 0 Å². The normalized spacial score (nSPS) is 11.9. The van der Waals surface area contributed by atoms with Crippen molar-refractivity contribution in [3.8, 4) is 0 Å². The molecule has 0 spiro atoms. The van der Waals surface area contributed by atoms with Crippen molar-refractivity contribution in [2.45, 2.75) is 32.6 Å². The highest BCUT2D eigenvalue weighted by atomic mass is 31.2. The van der Waals surface area contributed by atoms with Crippen LogP contribution >= 0.6 is 16.1 Å². The number of fused-ring (bicyclic) bond motifs is 2. The molecule has 0 fully saturated rings. The number of rotatable bonds is 11. The Morgan fingerprint density at radius 2 is 1.08 bits per heavy atom. The lowest BCUT2D eigenvalue weighted by Crippen LogP contribution is -2.32. The summed E-state index contributed by atoms with van der Waals surface area (Å²) < 4.78 is 15.2. The molecule has 2 heterocycles. The largest absolute Gasteiger partial charge is 0.464 e. The van der Waals surface area contributed by atoms with E-state index in [0.29, 0.717) is 0 Å². The molecule has 0 atom stereocenters. The van der Waals surface area contributed by atoms with Gasteiger partial charge in [-0.15, -0.1) is 0 Å². The predicted octanol–water partition coefficient (Wildman–Crippen LogP) is 8.46. The minimum Gasteiger partial charge on any atom is -0.464 e. The van der Waals surface area contributed by atoms with Crippen molar-refractivity contribution in [1.29, 1.82) is 0 Å². The Hall–Kier alpha value is -3.22. The van der Waals surface area contributed by atoms with E-state index in [4.69, 9.17) is 8.83 Å². The summed E-state index contributed by atoms with van der Waals surface area (Å²) >= 11 is 0. The van der Waals surface area contributed by atoms with Crippen LogP contribution in [-0.4, -0.2) is 11.0 Å². The van der Waals surface area contributed by atoms with Gasteiger partial charge in [0.1, 0.15) is 11.2 Å². The second-order valence-electron chi connectivity index (χ2n) is 9.68. The average Bonchev–Trinajstić information content (AvgIpc) is 3.67. The molecule has 0 saturated carbocycles. The average molecular weight is 550 g/mol. The molecule has 0 amide bonds. The first-order valence-electron chi connectivity index (χ1n) is 13.8. The molecule has 6 aromatic rings. The second kappa shape index (κ2) is 12.3. The molecule has 0 aliphatic carbocycles. The van der Waals surface area contributed by atoms with E-state index in [0.717, 1.165) is 34.9 Å². The number of unbranched alkanes of at least 4 members (excludes halogenated alkanes) is 3. The van der Waals surface area contributed by atoms with Crippen LogP contribution < -0.4 is 21.2 Å². The van der Waals surface area contributed by atoms with Crippen molar-refractivity contribution in [2.75, 3.05) is 6.54 Å². The highest BCUT2D eigenvalue weighted by Gasteiger charge is 2.34. The lowest BCUT2D eigenvalue weighted by Gasteiger charge is -2.39. The Bertz CT molecular complexity index is 1510. The maximum atomic E-state index is 6.20. The summed E-state index contributed by atoms with van der Waals surface area (Å²) in [5.41, 5.74) is 1.95. The Morgan fingerprint density at radius 3 is 1.59 bits per heavy atom. The van der Waals surface area contributed by atoms with Gasteiger partial charge in [0.15, 0.2) is 0 Å². The van der Waals surface area contributed by atoms with Gasteiger partial charge in [0.25, 0.3) is 0 Å². The van der Waals surface area contributed by atoms with Gasteiger partial charge in [-0.3, -0.25) is 0 Å². The summed E-state index contributed by atoms with van der Waals surface area (Å²) in [6.45, 7) is 3.27. The Morgan fingerprint density at radius 1 is 0.538 bits per heavy atom. The number of hydrogen-bond donors (Lipinski definition) is 0. The van der Waals surface area contributed by atoms with Crippen LogP contribution in [0, 0.1) is 0 Å². The SMILES string of the molecule is CCCCCCN(P(c1ccccc1)c1ccccc1)P(c1cccc2ccoc12)c1cccc2ccoc12. The molecule has 6 rings (SSSR count). The van der Waals surface area contributed by atoms with Crippen LogP contribution in [0.1, 0.15) is 32.6 Å². The first-order chi connectivity index (χ1) is 19.3. The molecule has 3 nitrogen and oxygen atoms in total. The van der Waals surface area contributed by atoms with Crippen molar-refractivity contribution in [3.63, 3.8) is 0 Å². The van der Waals surface area contributed by atoms with Crippen LogP contribution in [0.2, 0.25) is 0 Å². The van der Waals surface area contributed by atoms with Crippen LogP contribution in [0.25, 0.3) is 21.9 Å². The lowest BCUT2D eigenvalue weighted by molar-refractivity contribution is 0.594. The van der Waals surface area contributed by atoms with Crippen LogP contribution in [-0.2, 0) is 0 Å². The third-order valence-corrected chi connectivity index (χ3v) is 12.6. The first kappa shape index (κ1) is 26.0. The highest BCUT2D eigenvalue weighted by molar-refractivity contribution is 7.85. The zero-order valence-corrected chi connectivity index (χ0v) is 24.0. The molecule has 0 radical (unpaired) electrons. The molecular formula is C34H33NO2P2. The fourth-order valence-corrected chi connectivity index (χ4v) is 11.5. The van der Waals surface area contributed by atoms with Crippen LogP contribution in [0.4, 0.5) is 0 Å². The van der Waals surface area contributed by atoms with E-state index in [1.54, 1.807) is 0 Å². The number of furan rings is 2. The smallest absolute Gasteiger partial charge is 0.143 e. The van der Waals surface area contributed by atoms with E-state index in [1.807, 2.05) is 12.5 Å². The molecule has 4 aromatic carbocycles. The van der Waals surface area contributed by atoms with Crippen LogP contribution in [0.5, 0.6) is 0 Å². The molecule has 0 saturated heterocycles. The zero-order valence-electron chi connectivity index (χ0n) is 22.2. The molecular weight excluding hydrogens is 516 g/mol. The van der Waals surface area contributed by atoms with Crippen molar-refractivity contribution >= 4 is 59.3 Å². The van der Waals surface area contributed by atoms with E-state index in [9.17, 15) is 0 Å². The van der Waals surface area contributed by atoms with Gasteiger partial charge < -0.3 is 8.83 Å². The molecule has 196 valence electrons. The van der Waals surface area contributed by atoms with E-state index in [2.05, 4.69) is 121 Å². The summed E-state index contributed by atoms with van der Waals surface area (Å²) in [7, 11) is -1.82. The van der Waals surface area contributed by atoms with Crippen LogP contribution in [0.15, 0.2) is 131 Å². The van der Waals surface area contributed by atoms with Gasteiger partial charge >= 0.3 is 0 Å². The molecule has 5 heteroatoms. The quantitative estimate of drug-likeness (QED) is 0.120. The third-order valence-electron chi connectivity index (χ3n) is 7.05. The highest BCUT2D eigenvalue weighted by Crippen LogP contribution is 2.56. The number of nitrogens with zero attached hydrogens (tertiary/aromatic N) is 1. The Balaban J connectivity index is 1.60.